The van der Waals surface area contributed by atoms with Crippen molar-refractivity contribution >= 4 is 13.3 Å². The number of ether oxygens (including phenoxy) is 2. The van der Waals surface area contributed by atoms with Crippen LogP contribution in [0.1, 0.15) is 5.56 Å². The zero-order valence-corrected chi connectivity index (χ0v) is 8.34. The smallest absolute Gasteiger partial charge is 0.143 e. The van der Waals surface area contributed by atoms with E-state index < -0.39 is 0 Å². The van der Waals surface area contributed by atoms with Crippen molar-refractivity contribution in [3.8, 4) is 5.75 Å². The highest BCUT2D eigenvalue weighted by Gasteiger charge is 2.23. The summed E-state index contributed by atoms with van der Waals surface area (Å²) in [5.74, 6) is 0.456. The van der Waals surface area contributed by atoms with Crippen LogP contribution < -0.4 is 10.2 Å². The second-order valence-electron chi connectivity index (χ2n) is 3.61. The minimum absolute atomic E-state index is 0.0381. The lowest BCUT2D eigenvalue weighted by atomic mass is 9.92. The Morgan fingerprint density at radius 2 is 2.43 bits per heavy atom. The maximum absolute atomic E-state index is 13.2. The SMILES string of the molecule is Bc1cc2c(cc1F)OC(COC)C2. The van der Waals surface area contributed by atoms with Crippen molar-refractivity contribution in [3.63, 3.8) is 0 Å². The molecule has 4 heteroatoms. The first-order chi connectivity index (χ1) is 6.70. The zero-order chi connectivity index (χ0) is 10.1. The first-order valence-electron chi connectivity index (χ1n) is 4.65. The molecule has 0 aromatic heterocycles. The standard InChI is InChI=1S/C10H12BFO2/c1-13-5-7-2-6-3-8(11)9(12)4-10(6)14-7/h3-4,7H,2,5,11H2,1H3. The van der Waals surface area contributed by atoms with Gasteiger partial charge in [-0.3, -0.25) is 0 Å². The summed E-state index contributed by atoms with van der Waals surface area (Å²) in [6.07, 6.45) is 0.848. The van der Waals surface area contributed by atoms with Gasteiger partial charge in [0.25, 0.3) is 0 Å². The highest BCUT2D eigenvalue weighted by molar-refractivity contribution is 6.32. The molecule has 14 heavy (non-hydrogen) atoms. The average molecular weight is 194 g/mol. The molecule has 1 aliphatic rings. The molecule has 0 fully saturated rings. The van der Waals surface area contributed by atoms with Crippen LogP contribution in [0.4, 0.5) is 4.39 Å². The Morgan fingerprint density at radius 3 is 3.14 bits per heavy atom. The van der Waals surface area contributed by atoms with Crippen LogP contribution >= 0.6 is 0 Å². The fraction of sp³-hybridized carbons (Fsp3) is 0.400. The Balaban J connectivity index is 2.23. The topological polar surface area (TPSA) is 18.5 Å². The van der Waals surface area contributed by atoms with E-state index in [9.17, 15) is 4.39 Å². The molecule has 2 nitrogen and oxygen atoms in total. The van der Waals surface area contributed by atoms with Gasteiger partial charge in [0.2, 0.25) is 0 Å². The predicted molar refractivity (Wildman–Crippen MR) is 54.6 cm³/mol. The van der Waals surface area contributed by atoms with Gasteiger partial charge in [-0.1, -0.05) is 11.5 Å². The molecule has 1 heterocycles. The molecular weight excluding hydrogens is 182 g/mol. The lowest BCUT2D eigenvalue weighted by Crippen LogP contribution is -2.19. The van der Waals surface area contributed by atoms with E-state index in [0.717, 1.165) is 12.0 Å². The lowest BCUT2D eigenvalue weighted by Gasteiger charge is -2.08. The van der Waals surface area contributed by atoms with Gasteiger partial charge in [-0.25, -0.2) is 4.39 Å². The van der Waals surface area contributed by atoms with Gasteiger partial charge in [0, 0.05) is 19.6 Å². The molecule has 74 valence electrons. The molecule has 0 aliphatic carbocycles. The van der Waals surface area contributed by atoms with Gasteiger partial charge in [-0.05, 0) is 5.56 Å². The predicted octanol–water partition coefficient (Wildman–Crippen LogP) is 0.0340. The van der Waals surface area contributed by atoms with Crippen LogP contribution in [0.5, 0.6) is 5.75 Å². The molecule has 0 amide bonds. The Kier molecular flexibility index (Phi) is 2.46. The van der Waals surface area contributed by atoms with E-state index in [-0.39, 0.29) is 11.9 Å². The molecule has 2 rings (SSSR count). The molecule has 0 saturated heterocycles. The molecule has 1 atom stereocenters. The second-order valence-corrected chi connectivity index (χ2v) is 3.61. The van der Waals surface area contributed by atoms with Gasteiger partial charge in [-0.15, -0.1) is 0 Å². The van der Waals surface area contributed by atoms with Crippen LogP contribution in [-0.4, -0.2) is 27.7 Å². The Bertz CT molecular complexity index is 323. The number of methoxy groups -OCH3 is 1. The van der Waals surface area contributed by atoms with E-state index in [0.29, 0.717) is 17.8 Å². The van der Waals surface area contributed by atoms with Crippen molar-refractivity contribution in [1.29, 1.82) is 0 Å². The van der Waals surface area contributed by atoms with Crippen LogP contribution in [0.15, 0.2) is 12.1 Å². The number of rotatable bonds is 2. The molecule has 1 aromatic rings. The minimum Gasteiger partial charge on any atom is -0.487 e. The number of benzene rings is 1. The third kappa shape index (κ3) is 1.62. The van der Waals surface area contributed by atoms with Gasteiger partial charge >= 0.3 is 0 Å². The molecule has 0 radical (unpaired) electrons. The highest BCUT2D eigenvalue weighted by Crippen LogP contribution is 2.28. The molecular formula is C10H12BFO2. The molecule has 1 aromatic carbocycles. The maximum Gasteiger partial charge on any atom is 0.143 e. The van der Waals surface area contributed by atoms with Gasteiger partial charge in [0.15, 0.2) is 0 Å². The fourth-order valence-corrected chi connectivity index (χ4v) is 1.74. The monoisotopic (exact) mass is 194 g/mol. The Hall–Kier alpha value is -1.03. The summed E-state index contributed by atoms with van der Waals surface area (Å²) in [5.41, 5.74) is 1.75. The third-order valence-corrected chi connectivity index (χ3v) is 2.44. The molecule has 1 aliphatic heterocycles. The molecule has 0 N–H and O–H groups in total. The summed E-state index contributed by atoms with van der Waals surface area (Å²) in [6, 6.07) is 3.31. The van der Waals surface area contributed by atoms with Gasteiger partial charge in [0.1, 0.15) is 25.5 Å². The Labute approximate surface area is 83.4 Å². The summed E-state index contributed by atoms with van der Waals surface area (Å²) in [5, 5.41) is 0. The minimum atomic E-state index is -0.207. The first kappa shape index (κ1) is 9.53. The van der Waals surface area contributed by atoms with Crippen LogP contribution in [0.2, 0.25) is 0 Å². The van der Waals surface area contributed by atoms with Gasteiger partial charge < -0.3 is 9.47 Å². The summed E-state index contributed by atoms with van der Waals surface area (Å²) >= 11 is 0. The van der Waals surface area contributed by atoms with E-state index in [2.05, 4.69) is 0 Å². The van der Waals surface area contributed by atoms with Crippen molar-refractivity contribution in [2.24, 2.45) is 0 Å². The van der Waals surface area contributed by atoms with Crippen LogP contribution in [0, 0.1) is 5.82 Å². The van der Waals surface area contributed by atoms with Crippen molar-refractivity contribution in [1.82, 2.24) is 0 Å². The van der Waals surface area contributed by atoms with Crippen molar-refractivity contribution in [3.05, 3.63) is 23.5 Å². The molecule has 0 saturated carbocycles. The molecule has 0 bridgehead atoms. The Morgan fingerprint density at radius 1 is 1.64 bits per heavy atom. The third-order valence-electron chi connectivity index (χ3n) is 2.44. The number of fused-ring (bicyclic) bond motifs is 1. The normalized spacial score (nSPS) is 19.1. The molecule has 0 spiro atoms. The summed E-state index contributed by atoms with van der Waals surface area (Å²) in [7, 11) is 3.40. The van der Waals surface area contributed by atoms with E-state index in [1.54, 1.807) is 15.0 Å². The fourth-order valence-electron chi connectivity index (χ4n) is 1.74. The maximum atomic E-state index is 13.2. The van der Waals surface area contributed by atoms with E-state index >= 15 is 0 Å². The van der Waals surface area contributed by atoms with E-state index in [4.69, 9.17) is 9.47 Å². The summed E-state index contributed by atoms with van der Waals surface area (Å²) in [6.45, 7) is 0.551. The number of halogens is 1. The van der Waals surface area contributed by atoms with Gasteiger partial charge in [0.05, 0.1) is 6.61 Å². The molecule has 1 unspecified atom stereocenters. The van der Waals surface area contributed by atoms with Crippen LogP contribution in [-0.2, 0) is 11.2 Å². The average Bonchev–Trinajstić information content (AvgIpc) is 2.48. The lowest BCUT2D eigenvalue weighted by molar-refractivity contribution is 0.0950. The van der Waals surface area contributed by atoms with Crippen molar-refractivity contribution < 1.29 is 13.9 Å². The zero-order valence-electron chi connectivity index (χ0n) is 8.34. The van der Waals surface area contributed by atoms with E-state index in [1.807, 2.05) is 6.07 Å². The van der Waals surface area contributed by atoms with E-state index in [1.165, 1.54) is 6.07 Å². The summed E-state index contributed by atoms with van der Waals surface area (Å²) in [4.78, 5) is 0. The van der Waals surface area contributed by atoms with Crippen LogP contribution in [0.3, 0.4) is 0 Å². The van der Waals surface area contributed by atoms with Crippen LogP contribution in [0.25, 0.3) is 0 Å². The largest absolute Gasteiger partial charge is 0.487 e. The highest BCUT2D eigenvalue weighted by atomic mass is 19.1. The van der Waals surface area contributed by atoms with Crippen molar-refractivity contribution in [2.45, 2.75) is 12.5 Å². The van der Waals surface area contributed by atoms with Gasteiger partial charge in [-0.2, -0.15) is 0 Å². The van der Waals surface area contributed by atoms with Crippen molar-refractivity contribution in [2.75, 3.05) is 13.7 Å². The number of hydrogen-bond acceptors (Lipinski definition) is 2. The first-order valence-corrected chi connectivity index (χ1v) is 4.65. The summed E-state index contributed by atoms with van der Waals surface area (Å²) < 4.78 is 23.7. The number of hydrogen-bond donors (Lipinski definition) is 0. The second kappa shape index (κ2) is 3.61. The quantitative estimate of drug-likeness (QED) is 0.618.